The number of hydrogen-bond acceptors (Lipinski definition) is 8. The van der Waals surface area contributed by atoms with Crippen molar-refractivity contribution in [3.8, 4) is 0 Å². The molecule has 2 rings (SSSR count). The number of amides is 2. The molecule has 0 aliphatic rings. The number of hydrazine groups is 2. The molecule has 10 nitrogen and oxygen atoms in total. The van der Waals surface area contributed by atoms with Gasteiger partial charge in [-0.05, 0) is 6.07 Å². The van der Waals surface area contributed by atoms with Gasteiger partial charge in [0.15, 0.2) is 0 Å². The Kier molecular flexibility index (Phi) is 5.59. The van der Waals surface area contributed by atoms with E-state index in [1.165, 1.54) is 19.0 Å². The molecule has 2 amide bonds. The zero-order valence-corrected chi connectivity index (χ0v) is 9.21. The van der Waals surface area contributed by atoms with E-state index in [4.69, 9.17) is 11.7 Å². The Labute approximate surface area is 102 Å². The van der Waals surface area contributed by atoms with Crippen molar-refractivity contribution >= 4 is 12.0 Å². The van der Waals surface area contributed by atoms with Crippen molar-refractivity contribution in [3.05, 3.63) is 37.4 Å². The van der Waals surface area contributed by atoms with Crippen molar-refractivity contribution in [2.45, 2.75) is 0 Å². The number of nitrogens with one attached hydrogen (secondary N) is 1. The van der Waals surface area contributed by atoms with E-state index >= 15 is 0 Å². The van der Waals surface area contributed by atoms with E-state index < -0.39 is 6.03 Å². The van der Waals surface area contributed by atoms with Crippen molar-refractivity contribution < 1.29 is 4.79 Å². The van der Waals surface area contributed by atoms with Crippen LogP contribution >= 0.6 is 0 Å². The summed E-state index contributed by atoms with van der Waals surface area (Å²) in [6.45, 7) is 0. The first-order valence-corrected chi connectivity index (χ1v) is 4.63. The zero-order chi connectivity index (χ0) is 13.2. The van der Waals surface area contributed by atoms with Gasteiger partial charge in [0.25, 0.3) is 5.95 Å². The summed E-state index contributed by atoms with van der Waals surface area (Å²) in [5, 5.41) is 0.668. The minimum absolute atomic E-state index is 0.0213. The molecule has 0 fully saturated rings. The predicted octanol–water partition coefficient (Wildman–Crippen LogP) is -1.39. The molecule has 0 atom stereocenters. The van der Waals surface area contributed by atoms with Crippen LogP contribution in [0, 0.1) is 0 Å². The SMILES string of the molecule is NNC(=O)N(N)c1ncncn1.c1cncnc1. The van der Waals surface area contributed by atoms with Gasteiger partial charge in [-0.25, -0.2) is 31.4 Å². The summed E-state index contributed by atoms with van der Waals surface area (Å²) in [6.07, 6.45) is 7.30. The maximum atomic E-state index is 10.8. The maximum Gasteiger partial charge on any atom is 0.353 e. The molecule has 0 bridgehead atoms. The summed E-state index contributed by atoms with van der Waals surface area (Å²) in [6, 6.07) is 1.07. The van der Waals surface area contributed by atoms with Crippen LogP contribution in [0.4, 0.5) is 10.7 Å². The minimum atomic E-state index is -0.707. The number of anilines is 1. The Hall–Kier alpha value is -2.72. The van der Waals surface area contributed by atoms with Crippen molar-refractivity contribution in [1.29, 1.82) is 0 Å². The van der Waals surface area contributed by atoms with Crippen LogP contribution in [0.1, 0.15) is 0 Å². The third-order valence-electron chi connectivity index (χ3n) is 1.52. The summed E-state index contributed by atoms with van der Waals surface area (Å²) >= 11 is 0. The fourth-order valence-corrected chi connectivity index (χ4v) is 0.771. The summed E-state index contributed by atoms with van der Waals surface area (Å²) < 4.78 is 0. The molecule has 2 aromatic heterocycles. The first-order valence-electron chi connectivity index (χ1n) is 4.63. The molecule has 10 heteroatoms. The van der Waals surface area contributed by atoms with E-state index in [1.54, 1.807) is 18.5 Å². The Morgan fingerprint density at radius 1 is 1.11 bits per heavy atom. The lowest BCUT2D eigenvalue weighted by Crippen LogP contribution is -2.48. The molecule has 0 aliphatic carbocycles. The second kappa shape index (κ2) is 7.54. The molecule has 18 heavy (non-hydrogen) atoms. The summed E-state index contributed by atoms with van der Waals surface area (Å²) in [7, 11) is 0. The van der Waals surface area contributed by atoms with E-state index in [-0.39, 0.29) is 5.95 Å². The van der Waals surface area contributed by atoms with Crippen LogP contribution in [-0.2, 0) is 0 Å². The van der Waals surface area contributed by atoms with Crippen LogP contribution in [0.2, 0.25) is 0 Å². The van der Waals surface area contributed by atoms with Gasteiger partial charge in [-0.3, -0.25) is 5.43 Å². The molecule has 0 aromatic carbocycles. The van der Waals surface area contributed by atoms with E-state index in [2.05, 4.69) is 24.9 Å². The highest BCUT2D eigenvalue weighted by Crippen LogP contribution is 1.96. The molecule has 94 valence electrons. The molecule has 0 spiro atoms. The Morgan fingerprint density at radius 3 is 2.11 bits per heavy atom. The zero-order valence-electron chi connectivity index (χ0n) is 9.21. The number of nitrogens with two attached hydrogens (primary N) is 2. The van der Waals surface area contributed by atoms with Gasteiger partial charge in [-0.2, -0.15) is 15.0 Å². The van der Waals surface area contributed by atoms with Gasteiger partial charge in [0.2, 0.25) is 0 Å². The van der Waals surface area contributed by atoms with Crippen molar-refractivity contribution in [2.75, 3.05) is 5.01 Å². The molecule has 0 unspecified atom stereocenters. The third-order valence-corrected chi connectivity index (χ3v) is 1.52. The number of urea groups is 1. The summed E-state index contributed by atoms with van der Waals surface area (Å²) in [5.74, 6) is 10.1. The normalized spacial score (nSPS) is 8.78. The van der Waals surface area contributed by atoms with Crippen LogP contribution in [0.5, 0.6) is 0 Å². The Morgan fingerprint density at radius 2 is 1.72 bits per heavy atom. The highest BCUT2D eigenvalue weighted by molar-refractivity contribution is 5.88. The first-order chi connectivity index (χ1) is 8.75. The van der Waals surface area contributed by atoms with Crippen LogP contribution in [-0.4, -0.2) is 31.0 Å². The van der Waals surface area contributed by atoms with Gasteiger partial charge in [-0.1, -0.05) is 0 Å². The average Bonchev–Trinajstić information content (AvgIpc) is 2.49. The van der Waals surface area contributed by atoms with Crippen molar-refractivity contribution in [2.24, 2.45) is 11.7 Å². The van der Waals surface area contributed by atoms with E-state index in [0.29, 0.717) is 5.01 Å². The first kappa shape index (κ1) is 13.3. The van der Waals surface area contributed by atoms with E-state index in [0.717, 1.165) is 0 Å². The number of hydrogen-bond donors (Lipinski definition) is 3. The van der Waals surface area contributed by atoms with Gasteiger partial charge in [-0.15, -0.1) is 0 Å². The van der Waals surface area contributed by atoms with Gasteiger partial charge in [0.1, 0.15) is 19.0 Å². The van der Waals surface area contributed by atoms with Crippen LogP contribution in [0.3, 0.4) is 0 Å². The standard InChI is InChI=1S/C4H7N7O.C4H4N2/c5-10-4(12)11(6)3-8-1-7-2-9-3;1-2-5-4-6-3-1/h1-2H,5-6H2,(H,10,12);1-4H. The fourth-order valence-electron chi connectivity index (χ4n) is 0.771. The predicted molar refractivity (Wildman–Crippen MR) is 61.2 cm³/mol. The maximum absolute atomic E-state index is 10.8. The van der Waals surface area contributed by atoms with Gasteiger partial charge < -0.3 is 0 Å². The smallest absolute Gasteiger partial charge is 0.274 e. The molecular formula is C8H11N9O. The van der Waals surface area contributed by atoms with Crippen LogP contribution in [0.25, 0.3) is 0 Å². The molecule has 0 radical (unpaired) electrons. The molecular weight excluding hydrogens is 238 g/mol. The molecule has 2 heterocycles. The molecule has 0 aliphatic heterocycles. The topological polar surface area (TPSA) is 149 Å². The number of rotatable bonds is 1. The molecule has 5 N–H and O–H groups in total. The number of carbonyl (C=O) groups is 1. The number of carbonyl (C=O) groups excluding carboxylic acids is 1. The second-order valence-electron chi connectivity index (χ2n) is 2.66. The van der Waals surface area contributed by atoms with Crippen LogP contribution in [0.15, 0.2) is 37.4 Å². The molecule has 0 saturated carbocycles. The largest absolute Gasteiger partial charge is 0.353 e. The Bertz CT molecular complexity index is 424. The lowest BCUT2D eigenvalue weighted by molar-refractivity contribution is 0.246. The average molecular weight is 249 g/mol. The quantitative estimate of drug-likeness (QED) is 0.317. The molecule has 2 aromatic rings. The minimum Gasteiger partial charge on any atom is -0.274 e. The number of nitrogens with zero attached hydrogens (tertiary/aromatic N) is 6. The third kappa shape index (κ3) is 4.42. The highest BCUT2D eigenvalue weighted by atomic mass is 16.2. The van der Waals surface area contributed by atoms with Crippen molar-refractivity contribution in [3.63, 3.8) is 0 Å². The van der Waals surface area contributed by atoms with Crippen molar-refractivity contribution in [1.82, 2.24) is 30.3 Å². The van der Waals surface area contributed by atoms with E-state index in [1.807, 2.05) is 5.43 Å². The van der Waals surface area contributed by atoms with Gasteiger partial charge >= 0.3 is 6.03 Å². The molecule has 0 saturated heterocycles. The fraction of sp³-hybridized carbons (Fsp3) is 0. The highest BCUT2D eigenvalue weighted by Gasteiger charge is 2.11. The lowest BCUT2D eigenvalue weighted by Gasteiger charge is -2.11. The van der Waals surface area contributed by atoms with Gasteiger partial charge in [0, 0.05) is 12.4 Å². The van der Waals surface area contributed by atoms with Crippen LogP contribution < -0.4 is 22.1 Å². The van der Waals surface area contributed by atoms with Gasteiger partial charge in [0.05, 0.1) is 0 Å². The van der Waals surface area contributed by atoms with E-state index in [9.17, 15) is 4.79 Å². The second-order valence-corrected chi connectivity index (χ2v) is 2.66. The summed E-state index contributed by atoms with van der Waals surface area (Å²) in [4.78, 5) is 28.9. The Balaban J connectivity index is 0.000000225. The number of aromatic nitrogens is 5. The summed E-state index contributed by atoms with van der Waals surface area (Å²) in [5.41, 5.74) is 1.82. The monoisotopic (exact) mass is 249 g/mol. The lowest BCUT2D eigenvalue weighted by atomic mass is 10.7.